The molecule has 1 atom stereocenters. The third kappa shape index (κ3) is 7.73. The molecule has 8 nitrogen and oxygen atoms in total. The number of aldehydes is 1. The molecule has 1 aliphatic rings. The monoisotopic (exact) mass is 510 g/mol. The lowest BCUT2D eigenvalue weighted by Gasteiger charge is -2.31. The first-order valence-electron chi connectivity index (χ1n) is 11.2. The van der Waals surface area contributed by atoms with E-state index in [1.165, 1.54) is 0 Å². The van der Waals surface area contributed by atoms with Crippen LogP contribution < -0.4 is 10.2 Å². The van der Waals surface area contributed by atoms with E-state index in [1.807, 2.05) is 18.2 Å². The molecule has 1 fully saturated rings. The Kier molecular flexibility index (Phi) is 10.6. The number of alkyl halides is 3. The number of nitrogens with zero attached hydrogens (tertiary/aromatic N) is 5. The lowest BCUT2D eigenvalue weighted by atomic mass is 10.1. The molecule has 0 amide bonds. The SMILES string of the molecule is CC.CN(CCC=O)c1cc(S(=O)N2CCC(Nc3ncc(C(F)(F)F)cn3)CC2)ccc1C#N. The topological polar surface area (TPSA) is 102 Å². The highest BCUT2D eigenvalue weighted by molar-refractivity contribution is 7.82. The van der Waals surface area contributed by atoms with Gasteiger partial charge in [0, 0.05) is 51.5 Å². The number of carbonyl (C=O) groups is 1. The number of piperidine rings is 1. The predicted octanol–water partition coefficient (Wildman–Crippen LogP) is 4.02. The normalized spacial score (nSPS) is 15.3. The zero-order valence-electron chi connectivity index (χ0n) is 19.9. The summed E-state index contributed by atoms with van der Waals surface area (Å²) in [6.07, 6.45) is -0.655. The van der Waals surface area contributed by atoms with Gasteiger partial charge in [0.05, 0.1) is 21.7 Å². The van der Waals surface area contributed by atoms with Crippen LogP contribution in [-0.4, -0.2) is 57.5 Å². The van der Waals surface area contributed by atoms with Gasteiger partial charge in [-0.2, -0.15) is 18.4 Å². The quantitative estimate of drug-likeness (QED) is 0.535. The molecule has 1 unspecified atom stereocenters. The molecule has 0 radical (unpaired) electrons. The van der Waals surface area contributed by atoms with Gasteiger partial charge in [0.15, 0.2) is 0 Å². The largest absolute Gasteiger partial charge is 0.419 e. The van der Waals surface area contributed by atoms with E-state index in [0.717, 1.165) is 18.7 Å². The van der Waals surface area contributed by atoms with Crippen molar-refractivity contribution < 1.29 is 22.2 Å². The number of rotatable bonds is 8. The highest BCUT2D eigenvalue weighted by Crippen LogP contribution is 2.29. The van der Waals surface area contributed by atoms with Crippen LogP contribution in [0.4, 0.5) is 24.8 Å². The highest BCUT2D eigenvalue weighted by atomic mass is 32.2. The maximum absolute atomic E-state index is 13.1. The summed E-state index contributed by atoms with van der Waals surface area (Å²) in [5.41, 5.74) is 0.140. The fraction of sp³-hybridized carbons (Fsp3) is 0.478. The number of anilines is 2. The van der Waals surface area contributed by atoms with Crippen molar-refractivity contribution in [3.05, 3.63) is 41.7 Å². The maximum Gasteiger partial charge on any atom is 0.419 e. The van der Waals surface area contributed by atoms with Gasteiger partial charge >= 0.3 is 6.18 Å². The zero-order valence-corrected chi connectivity index (χ0v) is 20.7. The van der Waals surface area contributed by atoms with Gasteiger partial charge in [-0.1, -0.05) is 13.8 Å². The van der Waals surface area contributed by atoms with Gasteiger partial charge in [-0.15, -0.1) is 0 Å². The van der Waals surface area contributed by atoms with Crippen molar-refractivity contribution in [2.24, 2.45) is 0 Å². The highest BCUT2D eigenvalue weighted by Gasteiger charge is 2.31. The number of carbonyl (C=O) groups excluding carboxylic acids is 1. The minimum absolute atomic E-state index is 0.0546. The summed E-state index contributed by atoms with van der Waals surface area (Å²) >= 11 is 0. The van der Waals surface area contributed by atoms with Crippen molar-refractivity contribution >= 4 is 28.9 Å². The zero-order chi connectivity index (χ0) is 26.0. The Hall–Kier alpha value is -3.04. The lowest BCUT2D eigenvalue weighted by molar-refractivity contribution is -0.138. The summed E-state index contributed by atoms with van der Waals surface area (Å²) < 4.78 is 52.8. The minimum Gasteiger partial charge on any atom is -0.373 e. The molecule has 0 spiro atoms. The average Bonchev–Trinajstić information content (AvgIpc) is 2.88. The van der Waals surface area contributed by atoms with Gasteiger partial charge in [0.25, 0.3) is 0 Å². The van der Waals surface area contributed by atoms with Crippen LogP contribution in [0, 0.1) is 11.3 Å². The van der Waals surface area contributed by atoms with E-state index in [0.29, 0.717) is 55.0 Å². The molecule has 2 aromatic rings. The first kappa shape index (κ1) is 28.2. The Labute approximate surface area is 205 Å². The minimum atomic E-state index is -4.48. The van der Waals surface area contributed by atoms with Gasteiger partial charge in [0.1, 0.15) is 23.3 Å². The number of benzene rings is 1. The number of nitrogens with one attached hydrogen (secondary N) is 1. The van der Waals surface area contributed by atoms with E-state index in [4.69, 9.17) is 0 Å². The smallest absolute Gasteiger partial charge is 0.373 e. The molecule has 35 heavy (non-hydrogen) atoms. The molecule has 190 valence electrons. The molecule has 1 aromatic heterocycles. The second-order valence-corrected chi connectivity index (χ2v) is 9.04. The number of aromatic nitrogens is 2. The van der Waals surface area contributed by atoms with Gasteiger partial charge in [-0.05, 0) is 31.0 Å². The van der Waals surface area contributed by atoms with Crippen LogP contribution >= 0.6 is 0 Å². The molecule has 1 aliphatic heterocycles. The second kappa shape index (κ2) is 13.2. The Morgan fingerprint density at radius 2 is 1.89 bits per heavy atom. The van der Waals surface area contributed by atoms with E-state index >= 15 is 0 Å². The van der Waals surface area contributed by atoms with Crippen molar-refractivity contribution in [3.63, 3.8) is 0 Å². The van der Waals surface area contributed by atoms with Crippen molar-refractivity contribution in [2.75, 3.05) is 36.9 Å². The summed E-state index contributed by atoms with van der Waals surface area (Å²) in [7, 11) is 0.327. The van der Waals surface area contributed by atoms with Crippen molar-refractivity contribution in [2.45, 2.75) is 50.2 Å². The molecule has 3 rings (SSSR count). The fourth-order valence-corrected chi connectivity index (χ4v) is 4.68. The van der Waals surface area contributed by atoms with Gasteiger partial charge in [0.2, 0.25) is 5.95 Å². The lowest BCUT2D eigenvalue weighted by Crippen LogP contribution is -2.40. The molecule has 0 aliphatic carbocycles. The Bertz CT molecular complexity index is 1040. The van der Waals surface area contributed by atoms with Crippen LogP contribution in [0.15, 0.2) is 35.5 Å². The van der Waals surface area contributed by atoms with E-state index in [2.05, 4.69) is 21.4 Å². The Morgan fingerprint density at radius 3 is 2.43 bits per heavy atom. The molecule has 0 saturated carbocycles. The predicted molar refractivity (Wildman–Crippen MR) is 128 cm³/mol. The van der Waals surface area contributed by atoms with Gasteiger partial charge in [-0.25, -0.2) is 18.5 Å². The molecule has 1 saturated heterocycles. The van der Waals surface area contributed by atoms with Gasteiger partial charge < -0.3 is 15.0 Å². The first-order valence-corrected chi connectivity index (χ1v) is 12.3. The number of hydrogen-bond acceptors (Lipinski definition) is 7. The molecule has 1 aromatic carbocycles. The van der Waals surface area contributed by atoms with Crippen LogP contribution in [0.2, 0.25) is 0 Å². The van der Waals surface area contributed by atoms with E-state index in [-0.39, 0.29) is 12.0 Å². The molecule has 0 bridgehead atoms. The standard InChI is InChI=1S/C21H23F3N6O2S.C2H6/c1-29(7-2-10-31)19-11-18(4-3-15(19)12-25)33(32)30-8-5-17(6-9-30)28-20-26-13-16(14-27-20)21(22,23)24;1-2/h3-4,10-11,13-14,17H,2,5-9H2,1H3,(H,26,27,28);1-2H3. The Balaban J connectivity index is 0.00000210. The van der Waals surface area contributed by atoms with E-state index < -0.39 is 22.7 Å². The third-order valence-electron chi connectivity index (χ3n) is 5.29. The summed E-state index contributed by atoms with van der Waals surface area (Å²) in [4.78, 5) is 20.5. The van der Waals surface area contributed by atoms with Gasteiger partial charge in [-0.3, -0.25) is 0 Å². The summed E-state index contributed by atoms with van der Waals surface area (Å²) in [6.45, 7) is 5.44. The molecule has 2 heterocycles. The average molecular weight is 511 g/mol. The second-order valence-electron chi connectivity index (χ2n) is 7.56. The van der Waals surface area contributed by atoms with Crippen LogP contribution in [0.1, 0.15) is 44.2 Å². The molecular weight excluding hydrogens is 481 g/mol. The Morgan fingerprint density at radius 1 is 1.26 bits per heavy atom. The number of nitriles is 1. The molecule has 12 heteroatoms. The number of halogens is 3. The van der Waals surface area contributed by atoms with Crippen LogP contribution in [0.5, 0.6) is 0 Å². The number of hydrogen-bond donors (Lipinski definition) is 1. The summed E-state index contributed by atoms with van der Waals surface area (Å²) in [6, 6.07) is 7.05. The van der Waals surface area contributed by atoms with Crippen molar-refractivity contribution in [1.82, 2.24) is 14.3 Å². The molecular formula is C23H29F3N6O2S. The summed E-state index contributed by atoms with van der Waals surface area (Å²) in [5, 5.41) is 12.4. The van der Waals surface area contributed by atoms with Crippen LogP contribution in [-0.2, 0) is 22.0 Å². The fourth-order valence-electron chi connectivity index (χ4n) is 3.44. The van der Waals surface area contributed by atoms with E-state index in [1.54, 1.807) is 30.1 Å². The van der Waals surface area contributed by atoms with Crippen molar-refractivity contribution in [3.8, 4) is 6.07 Å². The van der Waals surface area contributed by atoms with E-state index in [9.17, 15) is 27.4 Å². The van der Waals surface area contributed by atoms with Crippen LogP contribution in [0.25, 0.3) is 0 Å². The van der Waals surface area contributed by atoms with Crippen molar-refractivity contribution in [1.29, 1.82) is 5.26 Å². The van der Waals surface area contributed by atoms with Crippen LogP contribution in [0.3, 0.4) is 0 Å². The summed E-state index contributed by atoms with van der Waals surface area (Å²) in [5.74, 6) is 0.123. The first-order chi connectivity index (χ1) is 16.7. The maximum atomic E-state index is 13.1. The molecule has 1 N–H and O–H groups in total. The third-order valence-corrected chi connectivity index (χ3v) is 6.78.